The van der Waals surface area contributed by atoms with Crippen LogP contribution in [0.2, 0.25) is 0 Å². The topological polar surface area (TPSA) is 37.3 Å². The Kier molecular flexibility index (Phi) is 3.28. The predicted octanol–water partition coefficient (Wildman–Crippen LogP) is 2.84. The number of nitrogens with one attached hydrogen (secondary N) is 1. The third kappa shape index (κ3) is 2.92. The van der Waals surface area contributed by atoms with Crippen molar-refractivity contribution in [3.63, 3.8) is 0 Å². The number of rotatable bonds is 3. The first-order valence-corrected chi connectivity index (χ1v) is 5.11. The molecule has 0 atom stereocenters. The maximum Gasteiger partial charge on any atom is 0.0830 e. The van der Waals surface area contributed by atoms with Crippen LogP contribution in [0.25, 0.3) is 0 Å². The van der Waals surface area contributed by atoms with E-state index in [0.717, 1.165) is 11.4 Å². The first-order chi connectivity index (χ1) is 7.84. The molecule has 3 heteroatoms. The number of benzene rings is 1. The Bertz CT molecular complexity index is 478. The van der Waals surface area contributed by atoms with E-state index in [2.05, 4.69) is 15.5 Å². The summed E-state index contributed by atoms with van der Waals surface area (Å²) in [6, 6.07) is 13.8. The molecule has 1 heterocycles. The first-order valence-electron chi connectivity index (χ1n) is 5.11. The van der Waals surface area contributed by atoms with Crippen molar-refractivity contribution in [2.24, 2.45) is 5.10 Å². The van der Waals surface area contributed by atoms with Gasteiger partial charge in [-0.1, -0.05) is 18.2 Å². The van der Waals surface area contributed by atoms with Gasteiger partial charge in [-0.2, -0.15) is 5.10 Å². The van der Waals surface area contributed by atoms with Gasteiger partial charge in [0.05, 0.1) is 17.6 Å². The van der Waals surface area contributed by atoms with Crippen molar-refractivity contribution < 1.29 is 0 Å². The lowest BCUT2D eigenvalue weighted by molar-refractivity contribution is 1.28. The van der Waals surface area contributed by atoms with Gasteiger partial charge in [0.15, 0.2) is 0 Å². The summed E-state index contributed by atoms with van der Waals surface area (Å²) in [7, 11) is 0. The second-order valence-electron chi connectivity index (χ2n) is 3.49. The Morgan fingerprint density at radius 1 is 1.19 bits per heavy atom. The van der Waals surface area contributed by atoms with E-state index in [-0.39, 0.29) is 0 Å². The van der Waals surface area contributed by atoms with Gasteiger partial charge in [0, 0.05) is 6.20 Å². The fourth-order valence-electron chi connectivity index (χ4n) is 1.34. The second-order valence-corrected chi connectivity index (χ2v) is 3.49. The van der Waals surface area contributed by atoms with Crippen molar-refractivity contribution in [2.75, 3.05) is 5.43 Å². The third-order valence-corrected chi connectivity index (χ3v) is 2.10. The van der Waals surface area contributed by atoms with Gasteiger partial charge in [0.1, 0.15) is 0 Å². The van der Waals surface area contributed by atoms with Crippen molar-refractivity contribution in [3.8, 4) is 0 Å². The molecule has 16 heavy (non-hydrogen) atoms. The molecule has 0 saturated heterocycles. The molecule has 1 aromatic heterocycles. The molecule has 0 fully saturated rings. The number of hydrazone groups is 1. The van der Waals surface area contributed by atoms with Crippen molar-refractivity contribution in [1.29, 1.82) is 0 Å². The van der Waals surface area contributed by atoms with Crippen LogP contribution in [0, 0.1) is 6.92 Å². The van der Waals surface area contributed by atoms with Crippen molar-refractivity contribution in [3.05, 3.63) is 59.9 Å². The Balaban J connectivity index is 2.00. The third-order valence-electron chi connectivity index (χ3n) is 2.10. The lowest BCUT2D eigenvalue weighted by Crippen LogP contribution is -1.92. The summed E-state index contributed by atoms with van der Waals surface area (Å²) in [4.78, 5) is 4.14. The van der Waals surface area contributed by atoms with Crippen LogP contribution in [0.5, 0.6) is 0 Å². The van der Waals surface area contributed by atoms with E-state index >= 15 is 0 Å². The molecule has 0 amide bonds. The van der Waals surface area contributed by atoms with Gasteiger partial charge in [0.25, 0.3) is 0 Å². The molecule has 0 aliphatic heterocycles. The molecule has 0 aliphatic carbocycles. The molecule has 1 aromatic carbocycles. The molecule has 0 radical (unpaired) electrons. The summed E-state index contributed by atoms with van der Waals surface area (Å²) < 4.78 is 0. The minimum Gasteiger partial charge on any atom is -0.278 e. The summed E-state index contributed by atoms with van der Waals surface area (Å²) in [5.74, 6) is 0. The van der Waals surface area contributed by atoms with E-state index < -0.39 is 0 Å². The fraction of sp³-hybridized carbons (Fsp3) is 0.0769. The zero-order chi connectivity index (χ0) is 11.2. The lowest BCUT2D eigenvalue weighted by Gasteiger charge is -2.00. The van der Waals surface area contributed by atoms with Crippen LogP contribution < -0.4 is 5.43 Å². The van der Waals surface area contributed by atoms with Crippen LogP contribution >= 0.6 is 0 Å². The van der Waals surface area contributed by atoms with Crippen molar-refractivity contribution >= 4 is 11.9 Å². The molecule has 0 aliphatic rings. The standard InChI is InChI=1S/C13H13N3/c1-11-5-4-7-12(9-11)16-15-10-13-6-2-3-8-14-13/h2-10,16H,1H3/b15-10-. The highest BCUT2D eigenvalue weighted by Crippen LogP contribution is 2.08. The van der Waals surface area contributed by atoms with Gasteiger partial charge in [-0.3, -0.25) is 10.4 Å². The second kappa shape index (κ2) is 5.07. The van der Waals surface area contributed by atoms with Gasteiger partial charge in [-0.25, -0.2) is 0 Å². The number of hydrogen-bond donors (Lipinski definition) is 1. The Morgan fingerprint density at radius 3 is 2.88 bits per heavy atom. The molecule has 2 rings (SSSR count). The largest absolute Gasteiger partial charge is 0.278 e. The Labute approximate surface area is 94.9 Å². The molecule has 0 unspecified atom stereocenters. The predicted molar refractivity (Wildman–Crippen MR) is 66.6 cm³/mol. The van der Waals surface area contributed by atoms with Gasteiger partial charge < -0.3 is 0 Å². The summed E-state index contributed by atoms with van der Waals surface area (Å²) in [5.41, 5.74) is 5.98. The van der Waals surface area contributed by atoms with E-state index in [0.29, 0.717) is 0 Å². The molecule has 0 spiro atoms. The highest BCUT2D eigenvalue weighted by Gasteiger charge is 1.89. The van der Waals surface area contributed by atoms with Gasteiger partial charge in [0.2, 0.25) is 0 Å². The van der Waals surface area contributed by atoms with Gasteiger partial charge in [-0.15, -0.1) is 0 Å². The maximum absolute atomic E-state index is 4.14. The zero-order valence-corrected chi connectivity index (χ0v) is 9.09. The molecule has 1 N–H and O–H groups in total. The van der Waals surface area contributed by atoms with E-state index in [9.17, 15) is 0 Å². The van der Waals surface area contributed by atoms with Crippen LogP contribution in [-0.4, -0.2) is 11.2 Å². The number of pyridine rings is 1. The van der Waals surface area contributed by atoms with Crippen molar-refractivity contribution in [1.82, 2.24) is 4.98 Å². The van der Waals surface area contributed by atoms with E-state index in [1.54, 1.807) is 12.4 Å². The summed E-state index contributed by atoms with van der Waals surface area (Å²) in [6.45, 7) is 2.05. The minimum absolute atomic E-state index is 0.836. The lowest BCUT2D eigenvalue weighted by atomic mass is 10.2. The number of nitrogens with zero attached hydrogens (tertiary/aromatic N) is 2. The number of hydrogen-bond acceptors (Lipinski definition) is 3. The number of anilines is 1. The van der Waals surface area contributed by atoms with Crippen LogP contribution in [0.15, 0.2) is 53.8 Å². The average Bonchev–Trinajstić information content (AvgIpc) is 2.30. The first kappa shape index (κ1) is 10.4. The van der Waals surface area contributed by atoms with Gasteiger partial charge in [-0.05, 0) is 36.8 Å². The SMILES string of the molecule is Cc1cccc(N/N=C\c2ccccn2)c1. The highest BCUT2D eigenvalue weighted by molar-refractivity contribution is 5.77. The quantitative estimate of drug-likeness (QED) is 0.626. The highest BCUT2D eigenvalue weighted by atomic mass is 15.3. The Morgan fingerprint density at radius 2 is 2.12 bits per heavy atom. The molecule has 3 nitrogen and oxygen atoms in total. The average molecular weight is 211 g/mol. The summed E-state index contributed by atoms with van der Waals surface area (Å²) in [6.07, 6.45) is 3.44. The smallest absolute Gasteiger partial charge is 0.0830 e. The van der Waals surface area contributed by atoms with E-state index in [1.807, 2.05) is 49.4 Å². The van der Waals surface area contributed by atoms with Crippen LogP contribution in [0.3, 0.4) is 0 Å². The molecule has 2 aromatic rings. The maximum atomic E-state index is 4.14. The number of aryl methyl sites for hydroxylation is 1. The van der Waals surface area contributed by atoms with Crippen LogP contribution in [-0.2, 0) is 0 Å². The summed E-state index contributed by atoms with van der Waals surface area (Å²) in [5, 5.41) is 4.12. The normalized spacial score (nSPS) is 10.6. The summed E-state index contributed by atoms with van der Waals surface area (Å²) >= 11 is 0. The Hall–Kier alpha value is -2.16. The fourth-order valence-corrected chi connectivity index (χ4v) is 1.34. The molecule has 0 saturated carbocycles. The zero-order valence-electron chi connectivity index (χ0n) is 9.09. The van der Waals surface area contributed by atoms with E-state index in [1.165, 1.54) is 5.56 Å². The molecular weight excluding hydrogens is 198 g/mol. The monoisotopic (exact) mass is 211 g/mol. The number of aromatic nitrogens is 1. The van der Waals surface area contributed by atoms with Gasteiger partial charge >= 0.3 is 0 Å². The van der Waals surface area contributed by atoms with Crippen LogP contribution in [0.4, 0.5) is 5.69 Å². The molecular formula is C13H13N3. The van der Waals surface area contributed by atoms with Crippen molar-refractivity contribution in [2.45, 2.75) is 6.92 Å². The van der Waals surface area contributed by atoms with Crippen LogP contribution in [0.1, 0.15) is 11.3 Å². The van der Waals surface area contributed by atoms with E-state index in [4.69, 9.17) is 0 Å². The minimum atomic E-state index is 0.836. The molecule has 80 valence electrons. The molecule has 0 bridgehead atoms.